The zero-order chi connectivity index (χ0) is 43.3. The van der Waals surface area contributed by atoms with E-state index in [4.69, 9.17) is 14.7 Å². The Labute approximate surface area is 359 Å². The zero-order valence-corrected chi connectivity index (χ0v) is 35.4. The number of anilines is 2. The largest absolute Gasteiger partial charge is 0.460 e. The van der Waals surface area contributed by atoms with Gasteiger partial charge in [0.05, 0.1) is 24.0 Å². The van der Waals surface area contributed by atoms with E-state index in [1.807, 2.05) is 35.3 Å². The van der Waals surface area contributed by atoms with Crippen molar-refractivity contribution in [1.82, 2.24) is 44.5 Å². The highest BCUT2D eigenvalue weighted by Gasteiger charge is 2.39. The normalized spacial score (nSPS) is 17.0. The van der Waals surface area contributed by atoms with Gasteiger partial charge in [0.1, 0.15) is 12.1 Å². The lowest BCUT2D eigenvalue weighted by Gasteiger charge is -2.29. The zero-order valence-electron chi connectivity index (χ0n) is 35.4. The van der Waals surface area contributed by atoms with E-state index in [0.717, 1.165) is 66.6 Å². The van der Waals surface area contributed by atoms with Crippen molar-refractivity contribution in [2.24, 2.45) is 0 Å². The minimum atomic E-state index is -0.642. The third-order valence-electron chi connectivity index (χ3n) is 12.0. The van der Waals surface area contributed by atoms with Gasteiger partial charge in [0, 0.05) is 68.6 Å². The van der Waals surface area contributed by atoms with Gasteiger partial charge in [-0.25, -0.2) is 0 Å². The van der Waals surface area contributed by atoms with Crippen molar-refractivity contribution >= 4 is 40.9 Å². The average molecular weight is 841 g/mol. The van der Waals surface area contributed by atoms with Gasteiger partial charge >= 0.3 is 6.01 Å². The molecule has 8 rings (SSSR count). The topological polar surface area (TPSA) is 205 Å². The van der Waals surface area contributed by atoms with Gasteiger partial charge in [-0.05, 0) is 98.4 Å². The molecule has 2 fully saturated rings. The molecule has 0 spiro atoms. The van der Waals surface area contributed by atoms with Gasteiger partial charge in [0.25, 0.3) is 5.91 Å². The smallest absolute Gasteiger partial charge is 0.322 e. The maximum atomic E-state index is 13.2. The number of ether oxygens (including phenoxy) is 1. The molecule has 3 aliphatic heterocycles. The SMILES string of the molecule is CC(C)c1cnn2c(NCc3ccc(NC(=O)CCCCn4cc(CCc5cccc6c5CN(C5CCC(=O)NC5=O)C6=O)cn4)cc3C#N)nc(OC3CCN(C)CC3)nc12. The number of hydrogen-bond acceptors (Lipinski definition) is 12. The number of piperidine rings is 2. The van der Waals surface area contributed by atoms with Crippen LogP contribution in [0.4, 0.5) is 11.6 Å². The Morgan fingerprint density at radius 1 is 1.02 bits per heavy atom. The summed E-state index contributed by atoms with van der Waals surface area (Å²) in [5.74, 6) is -0.363. The molecule has 1 unspecified atom stereocenters. The number of carbonyl (C=O) groups is 4. The molecule has 17 heteroatoms. The number of benzene rings is 2. The number of likely N-dealkylation sites (tertiary alicyclic amines) is 1. The van der Waals surface area contributed by atoms with E-state index >= 15 is 0 Å². The number of aromatic nitrogens is 6. The monoisotopic (exact) mass is 840 g/mol. The number of hydrogen-bond donors (Lipinski definition) is 3. The van der Waals surface area contributed by atoms with E-state index in [1.54, 1.807) is 33.8 Å². The molecule has 0 bridgehead atoms. The fraction of sp³-hybridized carbons (Fsp3) is 0.444. The first-order chi connectivity index (χ1) is 30.0. The van der Waals surface area contributed by atoms with E-state index in [1.165, 1.54) is 0 Å². The number of unbranched alkanes of at least 4 members (excludes halogenated alkanes) is 1. The van der Waals surface area contributed by atoms with Crippen LogP contribution in [-0.2, 0) is 46.9 Å². The number of imide groups is 1. The molecule has 17 nitrogen and oxygen atoms in total. The second kappa shape index (κ2) is 18.5. The summed E-state index contributed by atoms with van der Waals surface area (Å²) in [6.07, 6.45) is 11.2. The number of nitrogens with zero attached hydrogens (tertiary/aromatic N) is 9. The van der Waals surface area contributed by atoms with Crippen LogP contribution in [0.15, 0.2) is 55.0 Å². The number of fused-ring (bicyclic) bond motifs is 2. The molecule has 3 aliphatic rings. The Morgan fingerprint density at radius 3 is 2.65 bits per heavy atom. The van der Waals surface area contributed by atoms with Crippen LogP contribution >= 0.6 is 0 Å². The molecule has 0 radical (unpaired) electrons. The van der Waals surface area contributed by atoms with E-state index in [-0.39, 0.29) is 36.2 Å². The molecule has 2 aromatic carbocycles. The fourth-order valence-electron chi connectivity index (χ4n) is 8.39. The lowest BCUT2D eigenvalue weighted by atomic mass is 9.98. The highest BCUT2D eigenvalue weighted by atomic mass is 16.5. The second-order valence-corrected chi connectivity index (χ2v) is 16.7. The summed E-state index contributed by atoms with van der Waals surface area (Å²) in [7, 11) is 2.11. The van der Waals surface area contributed by atoms with Crippen molar-refractivity contribution in [3.8, 4) is 12.1 Å². The van der Waals surface area contributed by atoms with Crippen molar-refractivity contribution in [3.63, 3.8) is 0 Å². The molecule has 5 aromatic rings. The molecule has 4 amide bonds. The summed E-state index contributed by atoms with van der Waals surface area (Å²) in [6.45, 7) is 7.39. The summed E-state index contributed by atoms with van der Waals surface area (Å²) < 4.78 is 9.83. The van der Waals surface area contributed by atoms with Crippen molar-refractivity contribution in [1.29, 1.82) is 5.26 Å². The number of carbonyl (C=O) groups excluding carboxylic acids is 4. The van der Waals surface area contributed by atoms with Crippen LogP contribution in [0.5, 0.6) is 6.01 Å². The molecular formula is C45H52N12O5. The Kier molecular flexibility index (Phi) is 12.6. The van der Waals surface area contributed by atoms with E-state index in [2.05, 4.69) is 58.0 Å². The Hall–Kier alpha value is -6.67. The van der Waals surface area contributed by atoms with Crippen LogP contribution in [-0.4, -0.2) is 95.1 Å². The van der Waals surface area contributed by atoms with Crippen molar-refractivity contribution in [2.45, 2.75) is 109 Å². The lowest BCUT2D eigenvalue weighted by Crippen LogP contribution is -2.52. The highest BCUT2D eigenvalue weighted by Crippen LogP contribution is 2.31. The van der Waals surface area contributed by atoms with E-state index < -0.39 is 11.9 Å². The summed E-state index contributed by atoms with van der Waals surface area (Å²) >= 11 is 0. The van der Waals surface area contributed by atoms with Crippen molar-refractivity contribution in [3.05, 3.63) is 93.9 Å². The van der Waals surface area contributed by atoms with Crippen LogP contribution in [0.1, 0.15) is 108 Å². The van der Waals surface area contributed by atoms with Gasteiger partial charge in [0.2, 0.25) is 23.7 Å². The number of rotatable bonds is 16. The van der Waals surface area contributed by atoms with Crippen LogP contribution < -0.4 is 20.7 Å². The first-order valence-corrected chi connectivity index (χ1v) is 21.5. The van der Waals surface area contributed by atoms with Crippen LogP contribution in [0.2, 0.25) is 0 Å². The molecule has 0 saturated carbocycles. The number of amides is 4. The number of aryl methyl sites for hydroxylation is 3. The molecule has 0 aliphatic carbocycles. The Bertz CT molecular complexity index is 2530. The predicted molar refractivity (Wildman–Crippen MR) is 229 cm³/mol. The third-order valence-corrected chi connectivity index (χ3v) is 12.0. The van der Waals surface area contributed by atoms with Gasteiger partial charge in [-0.3, -0.25) is 29.2 Å². The van der Waals surface area contributed by atoms with Crippen LogP contribution in [0.25, 0.3) is 5.65 Å². The molecule has 1 atom stereocenters. The van der Waals surface area contributed by atoms with Gasteiger partial charge in [-0.2, -0.15) is 29.9 Å². The summed E-state index contributed by atoms with van der Waals surface area (Å²) in [5.41, 5.74) is 7.05. The van der Waals surface area contributed by atoms with Crippen molar-refractivity contribution < 1.29 is 23.9 Å². The van der Waals surface area contributed by atoms with Gasteiger partial charge in [-0.15, -0.1) is 0 Å². The molecule has 6 heterocycles. The Morgan fingerprint density at radius 2 is 1.85 bits per heavy atom. The van der Waals surface area contributed by atoms with Crippen LogP contribution in [0, 0.1) is 11.3 Å². The van der Waals surface area contributed by atoms with Gasteiger partial charge in [0.15, 0.2) is 5.65 Å². The number of nitrogens with one attached hydrogen (secondary N) is 3. The summed E-state index contributed by atoms with van der Waals surface area (Å²) in [4.78, 5) is 63.6. The van der Waals surface area contributed by atoms with Crippen LogP contribution in [0.3, 0.4) is 0 Å². The predicted octanol–water partition coefficient (Wildman–Crippen LogP) is 4.76. The maximum Gasteiger partial charge on any atom is 0.322 e. The minimum Gasteiger partial charge on any atom is -0.460 e. The Balaban J connectivity index is 0.802. The van der Waals surface area contributed by atoms with Gasteiger partial charge in [-0.1, -0.05) is 32.0 Å². The molecule has 3 aromatic heterocycles. The maximum absolute atomic E-state index is 13.2. The lowest BCUT2D eigenvalue weighted by molar-refractivity contribution is -0.137. The standard InChI is InChI=1S/C45H52N12O5/c1-28(2)36-25-49-57-41(36)52-45(62-34-16-19-54(3)20-17-34)53-44(57)47-24-31-12-13-33(21-32(31)22-46)50-39(58)9-4-5-18-55-26-29(23-48-55)10-11-30-7-6-8-35-37(30)27-56(43(35)61)38-14-15-40(59)51-42(38)60/h6-8,12-13,21,23,25-26,28,34,38H,4-5,9-11,14-20,24,27H2,1-3H3,(H,50,58)(H,47,52,53)(H,51,59,60). The molecule has 62 heavy (non-hydrogen) atoms. The molecule has 322 valence electrons. The molecule has 2 saturated heterocycles. The fourth-order valence-corrected chi connectivity index (χ4v) is 8.39. The highest BCUT2D eigenvalue weighted by molar-refractivity contribution is 6.05. The average Bonchev–Trinajstić information content (AvgIpc) is 3.99. The quantitative estimate of drug-likeness (QED) is 0.0910. The first kappa shape index (κ1) is 42.0. The summed E-state index contributed by atoms with van der Waals surface area (Å²) in [5, 5.41) is 27.8. The number of nitriles is 1. The molecule has 3 N–H and O–H groups in total. The minimum absolute atomic E-state index is 0.0318. The van der Waals surface area contributed by atoms with E-state index in [9.17, 15) is 24.4 Å². The second-order valence-electron chi connectivity index (χ2n) is 16.7. The first-order valence-electron chi connectivity index (χ1n) is 21.5. The summed E-state index contributed by atoms with van der Waals surface area (Å²) in [6, 6.07) is 12.9. The molecular weight excluding hydrogens is 789 g/mol. The van der Waals surface area contributed by atoms with E-state index in [0.29, 0.717) is 79.7 Å². The van der Waals surface area contributed by atoms with Crippen molar-refractivity contribution in [2.75, 3.05) is 30.8 Å². The van der Waals surface area contributed by atoms with Gasteiger partial charge < -0.3 is 25.2 Å². The third kappa shape index (κ3) is 9.45.